The highest BCUT2D eigenvalue weighted by Crippen LogP contribution is 2.30. The molecular formula is C26H23ClF2N6O3. The molecule has 0 fully saturated rings. The molecule has 0 aliphatic heterocycles. The van der Waals surface area contributed by atoms with Crippen LogP contribution in [0.15, 0.2) is 60.8 Å². The standard InChI is InChI=1S/C26H23ClF2N6O3/c1-14(2)22-13-24(35(34-22)17-9-15(28)8-16(29)10-17)33-26(37)32-21-5-4-18(11-20(21)27)38-19-6-7-31-23(12-19)25(36)30-3/h4-14H,1-3H3,(H,30,36)(H2,32,33,37). The number of ether oxygens (including phenoxy) is 1. The number of benzene rings is 2. The van der Waals surface area contributed by atoms with Crippen molar-refractivity contribution < 1.29 is 23.1 Å². The fraction of sp³-hybridized carbons (Fsp3) is 0.154. The highest BCUT2D eigenvalue weighted by Gasteiger charge is 2.17. The van der Waals surface area contributed by atoms with Crippen LogP contribution in [-0.4, -0.2) is 33.8 Å². The minimum absolute atomic E-state index is 0.00640. The van der Waals surface area contributed by atoms with Crippen LogP contribution < -0.4 is 20.7 Å². The number of rotatable bonds is 7. The Labute approximate surface area is 221 Å². The van der Waals surface area contributed by atoms with Gasteiger partial charge in [-0.3, -0.25) is 15.1 Å². The number of nitrogens with zero attached hydrogens (tertiary/aromatic N) is 3. The van der Waals surface area contributed by atoms with Crippen molar-refractivity contribution in [2.45, 2.75) is 19.8 Å². The smallest absolute Gasteiger partial charge is 0.324 e. The first kappa shape index (κ1) is 26.6. The van der Waals surface area contributed by atoms with Gasteiger partial charge >= 0.3 is 6.03 Å². The van der Waals surface area contributed by atoms with E-state index in [1.165, 1.54) is 36.1 Å². The van der Waals surface area contributed by atoms with Crippen molar-refractivity contribution in [1.29, 1.82) is 0 Å². The first-order valence-corrected chi connectivity index (χ1v) is 11.8. The van der Waals surface area contributed by atoms with Crippen LogP contribution in [0.25, 0.3) is 5.69 Å². The minimum Gasteiger partial charge on any atom is -0.457 e. The largest absolute Gasteiger partial charge is 0.457 e. The number of carbonyl (C=O) groups is 2. The zero-order valence-electron chi connectivity index (χ0n) is 20.6. The van der Waals surface area contributed by atoms with Crippen LogP contribution in [0, 0.1) is 11.6 Å². The summed E-state index contributed by atoms with van der Waals surface area (Å²) in [5, 5.41) is 12.3. The summed E-state index contributed by atoms with van der Waals surface area (Å²) in [7, 11) is 1.50. The molecule has 4 aromatic rings. The van der Waals surface area contributed by atoms with Gasteiger partial charge in [0.1, 0.15) is 34.6 Å². The number of aromatic nitrogens is 3. The number of halogens is 3. The Kier molecular flexibility index (Phi) is 7.87. The summed E-state index contributed by atoms with van der Waals surface area (Å²) in [6.07, 6.45) is 1.44. The Bertz CT molecular complexity index is 1490. The summed E-state index contributed by atoms with van der Waals surface area (Å²) in [4.78, 5) is 28.6. The zero-order valence-corrected chi connectivity index (χ0v) is 21.3. The van der Waals surface area contributed by atoms with Gasteiger partial charge in [-0.15, -0.1) is 0 Å². The average Bonchev–Trinajstić information content (AvgIpc) is 3.29. The normalized spacial score (nSPS) is 10.8. The number of pyridine rings is 1. The molecule has 2 aromatic heterocycles. The van der Waals surface area contributed by atoms with E-state index in [-0.39, 0.29) is 39.7 Å². The maximum absolute atomic E-state index is 13.8. The van der Waals surface area contributed by atoms with Gasteiger partial charge in [-0.05, 0) is 36.2 Å². The molecule has 0 aliphatic rings. The summed E-state index contributed by atoms with van der Waals surface area (Å²) in [6, 6.07) is 11.6. The summed E-state index contributed by atoms with van der Waals surface area (Å²) < 4.78 is 34.6. The van der Waals surface area contributed by atoms with Crippen molar-refractivity contribution in [2.75, 3.05) is 17.7 Å². The lowest BCUT2D eigenvalue weighted by molar-refractivity contribution is 0.0957. The quantitative estimate of drug-likeness (QED) is 0.262. The van der Waals surface area contributed by atoms with Crippen molar-refractivity contribution in [1.82, 2.24) is 20.1 Å². The van der Waals surface area contributed by atoms with E-state index in [1.54, 1.807) is 18.2 Å². The van der Waals surface area contributed by atoms with E-state index in [4.69, 9.17) is 16.3 Å². The summed E-state index contributed by atoms with van der Waals surface area (Å²) in [6.45, 7) is 3.80. The van der Waals surface area contributed by atoms with Crippen molar-refractivity contribution in [3.63, 3.8) is 0 Å². The van der Waals surface area contributed by atoms with Crippen molar-refractivity contribution in [2.24, 2.45) is 0 Å². The third kappa shape index (κ3) is 6.24. The van der Waals surface area contributed by atoms with Gasteiger partial charge in [0.15, 0.2) is 0 Å². The second kappa shape index (κ2) is 11.3. The fourth-order valence-electron chi connectivity index (χ4n) is 3.42. The summed E-state index contributed by atoms with van der Waals surface area (Å²) in [5.41, 5.74) is 1.19. The van der Waals surface area contributed by atoms with Gasteiger partial charge in [0.25, 0.3) is 5.91 Å². The summed E-state index contributed by atoms with van der Waals surface area (Å²) in [5.74, 6) is -0.974. The van der Waals surface area contributed by atoms with E-state index in [2.05, 4.69) is 26.0 Å². The zero-order chi connectivity index (χ0) is 27.4. The van der Waals surface area contributed by atoms with E-state index >= 15 is 0 Å². The van der Waals surface area contributed by atoms with Crippen molar-refractivity contribution in [3.05, 3.63) is 88.8 Å². The second-order valence-corrected chi connectivity index (χ2v) is 8.83. The minimum atomic E-state index is -0.775. The SMILES string of the molecule is CNC(=O)c1cc(Oc2ccc(NC(=O)Nc3cc(C(C)C)nn3-c3cc(F)cc(F)c3)c(Cl)c2)ccn1. The molecule has 12 heteroatoms. The molecule has 0 bridgehead atoms. The number of amides is 3. The van der Waals surface area contributed by atoms with Crippen LogP contribution in [0.5, 0.6) is 11.5 Å². The number of urea groups is 1. The van der Waals surface area contributed by atoms with Crippen molar-refractivity contribution >= 4 is 35.0 Å². The van der Waals surface area contributed by atoms with Crippen LogP contribution in [0.1, 0.15) is 35.9 Å². The van der Waals surface area contributed by atoms with Gasteiger partial charge < -0.3 is 15.4 Å². The molecule has 3 amide bonds. The van der Waals surface area contributed by atoms with Gasteiger partial charge in [0, 0.05) is 37.5 Å². The second-order valence-electron chi connectivity index (χ2n) is 8.43. The number of hydrogen-bond donors (Lipinski definition) is 3. The lowest BCUT2D eigenvalue weighted by Gasteiger charge is -2.12. The van der Waals surface area contributed by atoms with Gasteiger partial charge in [-0.2, -0.15) is 5.10 Å². The Morgan fingerprint density at radius 1 is 0.974 bits per heavy atom. The molecule has 0 radical (unpaired) electrons. The van der Waals surface area contributed by atoms with Crippen LogP contribution in [0.3, 0.4) is 0 Å². The maximum Gasteiger partial charge on any atom is 0.324 e. The molecule has 2 aromatic carbocycles. The van der Waals surface area contributed by atoms with Crippen LogP contribution >= 0.6 is 11.6 Å². The first-order valence-electron chi connectivity index (χ1n) is 11.4. The molecular weight excluding hydrogens is 518 g/mol. The summed E-state index contributed by atoms with van der Waals surface area (Å²) >= 11 is 6.35. The molecule has 0 aliphatic carbocycles. The molecule has 2 heterocycles. The van der Waals surface area contributed by atoms with E-state index in [1.807, 2.05) is 13.8 Å². The third-order valence-electron chi connectivity index (χ3n) is 5.27. The van der Waals surface area contributed by atoms with E-state index < -0.39 is 17.7 Å². The number of hydrogen-bond acceptors (Lipinski definition) is 5. The lowest BCUT2D eigenvalue weighted by Crippen LogP contribution is -2.21. The highest BCUT2D eigenvalue weighted by molar-refractivity contribution is 6.34. The molecule has 9 nitrogen and oxygen atoms in total. The molecule has 0 saturated carbocycles. The molecule has 0 saturated heterocycles. The number of carbonyl (C=O) groups excluding carboxylic acids is 2. The Hall–Kier alpha value is -4.51. The number of anilines is 2. The molecule has 0 spiro atoms. The predicted molar refractivity (Wildman–Crippen MR) is 139 cm³/mol. The Morgan fingerprint density at radius 2 is 1.68 bits per heavy atom. The van der Waals surface area contributed by atoms with E-state index in [9.17, 15) is 18.4 Å². The van der Waals surface area contributed by atoms with Crippen LogP contribution in [-0.2, 0) is 0 Å². The van der Waals surface area contributed by atoms with E-state index in [0.29, 0.717) is 17.2 Å². The molecule has 38 heavy (non-hydrogen) atoms. The molecule has 0 unspecified atom stereocenters. The fourth-order valence-corrected chi connectivity index (χ4v) is 3.64. The molecule has 3 N–H and O–H groups in total. The Balaban J connectivity index is 1.50. The first-order chi connectivity index (χ1) is 18.1. The average molecular weight is 541 g/mol. The maximum atomic E-state index is 13.8. The third-order valence-corrected chi connectivity index (χ3v) is 5.58. The van der Waals surface area contributed by atoms with E-state index in [0.717, 1.165) is 18.2 Å². The molecule has 196 valence electrons. The molecule has 0 atom stereocenters. The lowest BCUT2D eigenvalue weighted by atomic mass is 10.1. The van der Waals surface area contributed by atoms with Crippen LogP contribution in [0.2, 0.25) is 5.02 Å². The van der Waals surface area contributed by atoms with Gasteiger partial charge in [0.05, 0.1) is 22.1 Å². The van der Waals surface area contributed by atoms with Gasteiger partial charge in [-0.25, -0.2) is 18.3 Å². The van der Waals surface area contributed by atoms with Gasteiger partial charge in [0.2, 0.25) is 0 Å². The topological polar surface area (TPSA) is 110 Å². The van der Waals surface area contributed by atoms with Gasteiger partial charge in [-0.1, -0.05) is 25.4 Å². The van der Waals surface area contributed by atoms with Crippen LogP contribution in [0.4, 0.5) is 25.1 Å². The predicted octanol–water partition coefficient (Wildman–Crippen LogP) is 6.12. The highest BCUT2D eigenvalue weighted by atomic mass is 35.5. The Morgan fingerprint density at radius 3 is 2.34 bits per heavy atom. The monoisotopic (exact) mass is 540 g/mol. The number of nitrogens with one attached hydrogen (secondary N) is 3. The molecule has 4 rings (SSSR count). The van der Waals surface area contributed by atoms with Crippen molar-refractivity contribution in [3.8, 4) is 17.2 Å².